The number of hydrogen-bond donors (Lipinski definition) is 0. The first-order valence-electron chi connectivity index (χ1n) is 7.45. The minimum absolute atomic E-state index is 0.328. The van der Waals surface area contributed by atoms with Crippen LogP contribution in [0.4, 0.5) is 0 Å². The van der Waals surface area contributed by atoms with Crippen molar-refractivity contribution in [2.24, 2.45) is 0 Å². The smallest absolute Gasteiger partial charge is 0.226 e. The molecule has 118 valence electrons. The van der Waals surface area contributed by atoms with E-state index in [1.807, 2.05) is 30.3 Å². The number of oxazole rings is 1. The number of aryl methyl sites for hydroxylation is 2. The third-order valence-electron chi connectivity index (χ3n) is 3.61. The quantitative estimate of drug-likeness (QED) is 0.694. The summed E-state index contributed by atoms with van der Waals surface area (Å²) >= 11 is 0. The summed E-state index contributed by atoms with van der Waals surface area (Å²) in [4.78, 5) is 4.51. The molecule has 0 N–H and O–H groups in total. The van der Waals surface area contributed by atoms with Crippen LogP contribution >= 0.6 is 0 Å². The van der Waals surface area contributed by atoms with Gasteiger partial charge < -0.3 is 13.9 Å². The molecule has 4 heteroatoms. The van der Waals surface area contributed by atoms with E-state index in [1.54, 1.807) is 13.4 Å². The van der Waals surface area contributed by atoms with Crippen LogP contribution in [0.3, 0.4) is 0 Å². The van der Waals surface area contributed by atoms with Crippen molar-refractivity contribution in [2.75, 3.05) is 7.11 Å². The Morgan fingerprint density at radius 3 is 2.57 bits per heavy atom. The van der Waals surface area contributed by atoms with Crippen LogP contribution in [0.25, 0.3) is 11.5 Å². The van der Waals surface area contributed by atoms with E-state index >= 15 is 0 Å². The number of nitrogens with zero attached hydrogens (tertiary/aromatic N) is 1. The predicted octanol–water partition coefficient (Wildman–Crippen LogP) is 4.55. The molecule has 0 atom stereocenters. The highest BCUT2D eigenvalue weighted by atomic mass is 16.5. The molecule has 3 rings (SSSR count). The van der Waals surface area contributed by atoms with Gasteiger partial charge in [0.25, 0.3) is 0 Å². The average molecular weight is 309 g/mol. The van der Waals surface area contributed by atoms with Gasteiger partial charge in [-0.05, 0) is 37.6 Å². The first-order chi connectivity index (χ1) is 11.2. The lowest BCUT2D eigenvalue weighted by Crippen LogP contribution is -1.98. The maximum atomic E-state index is 5.77. The monoisotopic (exact) mass is 309 g/mol. The summed E-state index contributed by atoms with van der Waals surface area (Å²) in [5.74, 6) is 2.00. The number of benzene rings is 2. The summed E-state index contributed by atoms with van der Waals surface area (Å²) in [7, 11) is 1.62. The summed E-state index contributed by atoms with van der Waals surface area (Å²) in [6.07, 6.45) is 1.63. The highest BCUT2D eigenvalue weighted by Crippen LogP contribution is 2.27. The molecule has 0 bridgehead atoms. The predicted molar refractivity (Wildman–Crippen MR) is 88.7 cm³/mol. The van der Waals surface area contributed by atoms with Crippen LogP contribution in [0.15, 0.2) is 53.1 Å². The van der Waals surface area contributed by atoms with Gasteiger partial charge in [-0.1, -0.05) is 29.8 Å². The van der Waals surface area contributed by atoms with Crippen LogP contribution in [0, 0.1) is 13.8 Å². The minimum Gasteiger partial charge on any atom is -0.493 e. The van der Waals surface area contributed by atoms with Crippen LogP contribution in [0.5, 0.6) is 11.5 Å². The molecule has 4 nitrogen and oxygen atoms in total. The molecule has 0 saturated carbocycles. The molecule has 0 radical (unpaired) electrons. The zero-order valence-electron chi connectivity index (χ0n) is 13.5. The van der Waals surface area contributed by atoms with Crippen LogP contribution in [-0.4, -0.2) is 12.1 Å². The van der Waals surface area contributed by atoms with E-state index in [2.05, 4.69) is 31.0 Å². The number of hydrogen-bond acceptors (Lipinski definition) is 4. The Labute approximate surface area is 135 Å². The molecule has 0 fully saturated rings. The summed E-state index contributed by atoms with van der Waals surface area (Å²) in [5.41, 5.74) is 4.10. The Bertz CT molecular complexity index is 808. The van der Waals surface area contributed by atoms with Crippen molar-refractivity contribution < 1.29 is 13.9 Å². The van der Waals surface area contributed by atoms with Gasteiger partial charge in [0.2, 0.25) is 5.89 Å². The Balaban J connectivity index is 1.75. The van der Waals surface area contributed by atoms with E-state index in [0.717, 1.165) is 16.8 Å². The molecule has 1 heterocycles. The molecule has 1 aromatic heterocycles. The Kier molecular flexibility index (Phi) is 4.33. The molecule has 0 aliphatic rings. The number of para-hydroxylation sites is 2. The van der Waals surface area contributed by atoms with Gasteiger partial charge in [0.1, 0.15) is 18.6 Å². The standard InChI is InChI=1S/C19H19NO3/c1-13-8-9-16(14(2)10-13)19-20-15(12-23-19)11-22-18-7-5-4-6-17(18)21-3/h4-10,12H,11H2,1-3H3. The molecule has 0 aliphatic heterocycles. The van der Waals surface area contributed by atoms with Crippen LogP contribution in [-0.2, 0) is 6.61 Å². The highest BCUT2D eigenvalue weighted by molar-refractivity contribution is 5.59. The first kappa shape index (κ1) is 15.2. The molecule has 3 aromatic rings. The van der Waals surface area contributed by atoms with Gasteiger partial charge in [0.05, 0.1) is 7.11 Å². The fourth-order valence-electron chi connectivity index (χ4n) is 2.44. The van der Waals surface area contributed by atoms with E-state index in [0.29, 0.717) is 24.0 Å². The van der Waals surface area contributed by atoms with E-state index in [9.17, 15) is 0 Å². The van der Waals surface area contributed by atoms with Gasteiger partial charge in [-0.25, -0.2) is 4.98 Å². The van der Waals surface area contributed by atoms with Gasteiger partial charge >= 0.3 is 0 Å². The number of rotatable bonds is 5. The summed E-state index contributed by atoms with van der Waals surface area (Å²) in [5, 5.41) is 0. The summed E-state index contributed by atoms with van der Waals surface area (Å²) < 4.78 is 16.6. The van der Waals surface area contributed by atoms with Gasteiger partial charge in [0.15, 0.2) is 11.5 Å². The third kappa shape index (κ3) is 3.37. The Hall–Kier alpha value is -2.75. The zero-order chi connectivity index (χ0) is 16.2. The van der Waals surface area contributed by atoms with Crippen molar-refractivity contribution in [3.8, 4) is 23.0 Å². The third-order valence-corrected chi connectivity index (χ3v) is 3.61. The molecular formula is C19H19NO3. The average Bonchev–Trinajstić information content (AvgIpc) is 3.02. The number of ether oxygens (including phenoxy) is 2. The van der Waals surface area contributed by atoms with Gasteiger partial charge in [-0.2, -0.15) is 0 Å². The molecule has 2 aromatic carbocycles. The molecule has 0 amide bonds. The second kappa shape index (κ2) is 6.57. The topological polar surface area (TPSA) is 44.5 Å². The van der Waals surface area contributed by atoms with Gasteiger partial charge in [-0.15, -0.1) is 0 Å². The lowest BCUT2D eigenvalue weighted by atomic mass is 10.1. The number of aromatic nitrogens is 1. The lowest BCUT2D eigenvalue weighted by Gasteiger charge is -2.08. The first-order valence-corrected chi connectivity index (χ1v) is 7.45. The van der Waals surface area contributed by atoms with Crippen molar-refractivity contribution >= 4 is 0 Å². The fourth-order valence-corrected chi connectivity index (χ4v) is 2.44. The molecular weight excluding hydrogens is 290 g/mol. The van der Waals surface area contributed by atoms with Crippen molar-refractivity contribution in [3.63, 3.8) is 0 Å². The second-order valence-electron chi connectivity index (χ2n) is 5.40. The SMILES string of the molecule is COc1ccccc1OCc1coc(-c2ccc(C)cc2C)n1. The Morgan fingerprint density at radius 2 is 1.83 bits per heavy atom. The van der Waals surface area contributed by atoms with Crippen molar-refractivity contribution in [1.29, 1.82) is 0 Å². The normalized spacial score (nSPS) is 10.6. The molecule has 0 aliphatic carbocycles. The van der Waals surface area contributed by atoms with Gasteiger partial charge in [-0.3, -0.25) is 0 Å². The summed E-state index contributed by atoms with van der Waals surface area (Å²) in [6.45, 7) is 4.45. The number of methoxy groups -OCH3 is 1. The van der Waals surface area contributed by atoms with Gasteiger partial charge in [0, 0.05) is 5.56 Å². The maximum Gasteiger partial charge on any atom is 0.226 e. The van der Waals surface area contributed by atoms with E-state index in [-0.39, 0.29) is 0 Å². The molecule has 0 unspecified atom stereocenters. The second-order valence-corrected chi connectivity index (χ2v) is 5.40. The molecule has 23 heavy (non-hydrogen) atoms. The fraction of sp³-hybridized carbons (Fsp3) is 0.211. The lowest BCUT2D eigenvalue weighted by molar-refractivity contribution is 0.280. The zero-order valence-corrected chi connectivity index (χ0v) is 13.5. The van der Waals surface area contributed by atoms with Crippen LogP contribution in [0.1, 0.15) is 16.8 Å². The Morgan fingerprint density at radius 1 is 1.04 bits per heavy atom. The van der Waals surface area contributed by atoms with E-state index in [1.165, 1.54) is 5.56 Å². The summed E-state index contributed by atoms with van der Waals surface area (Å²) in [6, 6.07) is 13.7. The van der Waals surface area contributed by atoms with E-state index < -0.39 is 0 Å². The largest absolute Gasteiger partial charge is 0.493 e. The van der Waals surface area contributed by atoms with Crippen molar-refractivity contribution in [2.45, 2.75) is 20.5 Å². The molecule has 0 saturated heterocycles. The van der Waals surface area contributed by atoms with Crippen LogP contribution < -0.4 is 9.47 Å². The minimum atomic E-state index is 0.328. The maximum absolute atomic E-state index is 5.77. The van der Waals surface area contributed by atoms with Crippen molar-refractivity contribution in [1.82, 2.24) is 4.98 Å². The molecule has 0 spiro atoms. The van der Waals surface area contributed by atoms with Crippen LogP contribution in [0.2, 0.25) is 0 Å². The van der Waals surface area contributed by atoms with E-state index in [4.69, 9.17) is 13.9 Å². The highest BCUT2D eigenvalue weighted by Gasteiger charge is 2.11. The van der Waals surface area contributed by atoms with Crippen molar-refractivity contribution in [3.05, 3.63) is 65.5 Å².